The Morgan fingerprint density at radius 1 is 1.19 bits per heavy atom. The number of hydrogen-bond donors (Lipinski definition) is 2. The minimum Gasteiger partial charge on any atom is -0.335 e. The third-order valence-electron chi connectivity index (χ3n) is 3.97. The van der Waals surface area contributed by atoms with Gasteiger partial charge in [-0.3, -0.25) is 0 Å². The predicted molar refractivity (Wildman–Crippen MR) is 88.0 cm³/mol. The van der Waals surface area contributed by atoms with E-state index in [1.165, 1.54) is 19.3 Å². The van der Waals surface area contributed by atoms with Gasteiger partial charge in [0.2, 0.25) is 0 Å². The minimum atomic E-state index is -0.555. The first kappa shape index (κ1) is 16.4. The van der Waals surface area contributed by atoms with E-state index in [1.807, 2.05) is 19.9 Å². The molecule has 2 N–H and O–H groups in total. The summed E-state index contributed by atoms with van der Waals surface area (Å²) in [5.74, 6) is 0. The largest absolute Gasteiger partial charge is 0.335 e. The van der Waals surface area contributed by atoms with Gasteiger partial charge in [-0.25, -0.2) is 4.79 Å². The van der Waals surface area contributed by atoms with Crippen molar-refractivity contribution in [3.63, 3.8) is 0 Å². The Bertz CT molecular complexity index is 511. The molecular formula is C16H22Cl2N2O. The highest BCUT2D eigenvalue weighted by atomic mass is 35.5. The fraction of sp³-hybridized carbons (Fsp3) is 0.562. The molecule has 0 aliphatic heterocycles. The molecule has 2 rings (SSSR count). The molecule has 0 aromatic heterocycles. The summed E-state index contributed by atoms with van der Waals surface area (Å²) >= 11 is 12.2. The van der Waals surface area contributed by atoms with Gasteiger partial charge in [-0.05, 0) is 44.4 Å². The fourth-order valence-corrected chi connectivity index (χ4v) is 3.46. The van der Waals surface area contributed by atoms with Crippen LogP contribution < -0.4 is 10.6 Å². The van der Waals surface area contributed by atoms with Crippen molar-refractivity contribution in [3.8, 4) is 0 Å². The molecule has 1 saturated carbocycles. The summed E-state index contributed by atoms with van der Waals surface area (Å²) < 4.78 is 0. The molecule has 1 fully saturated rings. The first-order valence-electron chi connectivity index (χ1n) is 7.43. The van der Waals surface area contributed by atoms with Gasteiger partial charge in [0.05, 0.1) is 5.54 Å². The van der Waals surface area contributed by atoms with Crippen LogP contribution in [0.3, 0.4) is 0 Å². The van der Waals surface area contributed by atoms with Crippen LogP contribution in [-0.4, -0.2) is 12.1 Å². The van der Waals surface area contributed by atoms with Gasteiger partial charge in [-0.1, -0.05) is 48.5 Å². The Balaban J connectivity index is 2.00. The number of carbonyl (C=O) groups is 1. The smallest absolute Gasteiger partial charge is 0.315 e. The third kappa shape index (κ3) is 4.52. The van der Waals surface area contributed by atoms with Crippen molar-refractivity contribution in [3.05, 3.63) is 33.8 Å². The number of carbonyl (C=O) groups excluding carboxylic acids is 1. The summed E-state index contributed by atoms with van der Waals surface area (Å²) in [6.45, 7) is 3.87. The summed E-state index contributed by atoms with van der Waals surface area (Å²) in [5, 5.41) is 7.21. The molecule has 21 heavy (non-hydrogen) atoms. The monoisotopic (exact) mass is 328 g/mol. The summed E-state index contributed by atoms with van der Waals surface area (Å²) in [6, 6.07) is 5.48. The first-order valence-corrected chi connectivity index (χ1v) is 8.18. The van der Waals surface area contributed by atoms with E-state index in [0.29, 0.717) is 10.0 Å². The number of urea groups is 1. The second kappa shape index (κ2) is 6.89. The molecule has 1 aliphatic rings. The van der Waals surface area contributed by atoms with Crippen molar-refractivity contribution >= 4 is 29.2 Å². The van der Waals surface area contributed by atoms with Crippen LogP contribution in [-0.2, 0) is 5.54 Å². The summed E-state index contributed by atoms with van der Waals surface area (Å²) in [4.78, 5) is 12.2. The third-order valence-corrected chi connectivity index (χ3v) is 4.52. The zero-order valence-electron chi connectivity index (χ0n) is 12.5. The molecule has 0 atom stereocenters. The van der Waals surface area contributed by atoms with Gasteiger partial charge in [0.25, 0.3) is 0 Å². The molecular weight excluding hydrogens is 307 g/mol. The lowest BCUT2D eigenvalue weighted by molar-refractivity contribution is 0.222. The molecule has 0 saturated heterocycles. The molecule has 0 radical (unpaired) electrons. The van der Waals surface area contributed by atoms with Crippen LogP contribution >= 0.6 is 23.2 Å². The van der Waals surface area contributed by atoms with Gasteiger partial charge in [0.1, 0.15) is 0 Å². The van der Waals surface area contributed by atoms with E-state index in [1.54, 1.807) is 12.1 Å². The molecule has 0 unspecified atom stereocenters. The molecule has 116 valence electrons. The second-order valence-corrected chi connectivity index (χ2v) is 7.03. The molecule has 1 aliphatic carbocycles. The zero-order chi connectivity index (χ0) is 15.5. The lowest BCUT2D eigenvalue weighted by Gasteiger charge is -2.30. The van der Waals surface area contributed by atoms with E-state index in [2.05, 4.69) is 10.6 Å². The fourth-order valence-electron chi connectivity index (χ4n) is 2.82. The Labute approximate surface area is 136 Å². The van der Waals surface area contributed by atoms with Gasteiger partial charge in [0, 0.05) is 16.1 Å². The number of rotatable bonds is 3. The van der Waals surface area contributed by atoms with Crippen LogP contribution in [0.4, 0.5) is 4.79 Å². The maximum absolute atomic E-state index is 12.2. The number of amides is 2. The Kier molecular flexibility index (Phi) is 5.39. The van der Waals surface area contributed by atoms with E-state index in [9.17, 15) is 4.79 Å². The van der Waals surface area contributed by atoms with Crippen LogP contribution in [0, 0.1) is 0 Å². The van der Waals surface area contributed by atoms with Crippen LogP contribution in [0.15, 0.2) is 18.2 Å². The van der Waals surface area contributed by atoms with Crippen molar-refractivity contribution < 1.29 is 4.79 Å². The van der Waals surface area contributed by atoms with Crippen molar-refractivity contribution in [2.24, 2.45) is 0 Å². The van der Waals surface area contributed by atoms with Crippen LogP contribution in [0.1, 0.15) is 51.5 Å². The predicted octanol–water partition coefficient (Wildman–Crippen LogP) is 4.86. The SMILES string of the molecule is CC(C)(NC(=O)NC1CCCCC1)c1ccc(Cl)cc1Cl. The highest BCUT2D eigenvalue weighted by molar-refractivity contribution is 6.35. The van der Waals surface area contributed by atoms with Gasteiger partial charge in [-0.15, -0.1) is 0 Å². The van der Waals surface area contributed by atoms with Crippen molar-refractivity contribution in [1.29, 1.82) is 0 Å². The number of hydrogen-bond acceptors (Lipinski definition) is 1. The van der Waals surface area contributed by atoms with Crippen LogP contribution in [0.5, 0.6) is 0 Å². The number of nitrogens with one attached hydrogen (secondary N) is 2. The standard InChI is InChI=1S/C16H22Cl2N2O/c1-16(2,13-9-8-11(17)10-14(13)18)20-15(21)19-12-6-4-3-5-7-12/h8-10,12H,3-7H2,1-2H3,(H2,19,20,21). The highest BCUT2D eigenvalue weighted by Gasteiger charge is 2.26. The van der Waals surface area contributed by atoms with Crippen LogP contribution in [0.25, 0.3) is 0 Å². The van der Waals surface area contributed by atoms with E-state index in [4.69, 9.17) is 23.2 Å². The molecule has 0 heterocycles. The zero-order valence-corrected chi connectivity index (χ0v) is 14.0. The van der Waals surface area contributed by atoms with Gasteiger partial charge in [-0.2, -0.15) is 0 Å². The van der Waals surface area contributed by atoms with Crippen LogP contribution in [0.2, 0.25) is 10.0 Å². The topological polar surface area (TPSA) is 41.1 Å². The van der Waals surface area contributed by atoms with E-state index in [-0.39, 0.29) is 12.1 Å². The molecule has 0 spiro atoms. The molecule has 1 aromatic rings. The molecule has 3 nitrogen and oxygen atoms in total. The summed E-state index contributed by atoms with van der Waals surface area (Å²) in [6.07, 6.45) is 5.78. The van der Waals surface area contributed by atoms with E-state index >= 15 is 0 Å². The van der Waals surface area contributed by atoms with Gasteiger partial charge < -0.3 is 10.6 Å². The quantitative estimate of drug-likeness (QED) is 0.817. The molecule has 0 bridgehead atoms. The average molecular weight is 329 g/mol. The first-order chi connectivity index (χ1) is 9.88. The van der Waals surface area contributed by atoms with E-state index < -0.39 is 5.54 Å². The molecule has 5 heteroatoms. The maximum atomic E-state index is 12.2. The Morgan fingerprint density at radius 2 is 1.86 bits per heavy atom. The van der Waals surface area contributed by atoms with Crippen molar-refractivity contribution in [2.75, 3.05) is 0 Å². The van der Waals surface area contributed by atoms with E-state index in [0.717, 1.165) is 18.4 Å². The number of benzene rings is 1. The average Bonchev–Trinajstić information content (AvgIpc) is 2.38. The summed E-state index contributed by atoms with van der Waals surface area (Å²) in [7, 11) is 0. The lowest BCUT2D eigenvalue weighted by Crippen LogP contribution is -2.49. The van der Waals surface area contributed by atoms with Gasteiger partial charge in [0.15, 0.2) is 0 Å². The molecule has 2 amide bonds. The lowest BCUT2D eigenvalue weighted by atomic mass is 9.94. The van der Waals surface area contributed by atoms with Gasteiger partial charge >= 0.3 is 6.03 Å². The van der Waals surface area contributed by atoms with Crippen molar-refractivity contribution in [2.45, 2.75) is 57.5 Å². The highest BCUT2D eigenvalue weighted by Crippen LogP contribution is 2.30. The van der Waals surface area contributed by atoms with Crippen molar-refractivity contribution in [1.82, 2.24) is 10.6 Å². The Hall–Kier alpha value is -0.930. The second-order valence-electron chi connectivity index (χ2n) is 6.18. The minimum absolute atomic E-state index is 0.141. The summed E-state index contributed by atoms with van der Waals surface area (Å²) in [5.41, 5.74) is 0.299. The maximum Gasteiger partial charge on any atom is 0.315 e. The molecule has 1 aromatic carbocycles. The number of halogens is 2. The Morgan fingerprint density at radius 3 is 2.48 bits per heavy atom. The normalized spacial score (nSPS) is 16.6.